The van der Waals surface area contributed by atoms with Crippen LogP contribution in [0.1, 0.15) is 39.5 Å². The highest BCUT2D eigenvalue weighted by Crippen LogP contribution is 2.43. The summed E-state index contributed by atoms with van der Waals surface area (Å²) in [7, 11) is -3.75. The van der Waals surface area contributed by atoms with Gasteiger partial charge in [0.15, 0.2) is 0 Å². The van der Waals surface area contributed by atoms with E-state index in [1.807, 2.05) is 50.2 Å². The molecule has 4 nitrogen and oxygen atoms in total. The molecule has 110 valence electrons. The van der Waals surface area contributed by atoms with Crippen LogP contribution in [0, 0.1) is 0 Å². The lowest BCUT2D eigenvalue weighted by Crippen LogP contribution is -1.98. The maximum absolute atomic E-state index is 11.1. The van der Waals surface area contributed by atoms with Gasteiger partial charge in [0, 0.05) is 0 Å². The summed E-state index contributed by atoms with van der Waals surface area (Å²) in [5, 5.41) is 0. The van der Waals surface area contributed by atoms with Crippen LogP contribution in [0.4, 0.5) is 0 Å². The number of unbranched alkanes of at least 4 members (excludes halogenated alkanes) is 2. The van der Waals surface area contributed by atoms with Gasteiger partial charge in [0.05, 0.1) is 13.2 Å². The van der Waals surface area contributed by atoms with Crippen molar-refractivity contribution in [3.8, 4) is 0 Å². The molecule has 0 aliphatic heterocycles. The van der Waals surface area contributed by atoms with Crippen LogP contribution in [0.3, 0.4) is 0 Å². The van der Waals surface area contributed by atoms with E-state index < -0.39 is 7.82 Å². The van der Waals surface area contributed by atoms with Crippen molar-refractivity contribution in [2.24, 2.45) is 0 Å². The summed E-state index contributed by atoms with van der Waals surface area (Å²) in [4.78, 5) is 9.08. The van der Waals surface area contributed by atoms with Crippen LogP contribution in [0.2, 0.25) is 0 Å². The predicted molar refractivity (Wildman–Crippen MR) is 78.0 cm³/mol. The summed E-state index contributed by atoms with van der Waals surface area (Å²) in [6.45, 7) is 4.56. The lowest BCUT2D eigenvalue weighted by Gasteiger charge is -2.10. The van der Waals surface area contributed by atoms with Gasteiger partial charge in [0.25, 0.3) is 0 Å². The van der Waals surface area contributed by atoms with Crippen LogP contribution < -0.4 is 0 Å². The highest BCUT2D eigenvalue weighted by molar-refractivity contribution is 7.47. The second-order valence-electron chi connectivity index (χ2n) is 4.00. The Balaban J connectivity index is 0.000000443. The Morgan fingerprint density at radius 3 is 1.42 bits per heavy atom. The number of phosphoric acid groups is 1. The first kappa shape index (κ1) is 18.3. The molecule has 1 rings (SSSR count). The molecule has 0 unspecified atom stereocenters. The lowest BCUT2D eigenvalue weighted by atomic mass is 10.4. The number of benzene rings is 1. The average molecular weight is 288 g/mol. The van der Waals surface area contributed by atoms with Crippen molar-refractivity contribution >= 4 is 7.82 Å². The van der Waals surface area contributed by atoms with E-state index >= 15 is 0 Å². The van der Waals surface area contributed by atoms with Crippen LogP contribution in [0.5, 0.6) is 0 Å². The van der Waals surface area contributed by atoms with Crippen molar-refractivity contribution in [3.63, 3.8) is 0 Å². The zero-order valence-electron chi connectivity index (χ0n) is 11.8. The Kier molecular flexibility index (Phi) is 11.9. The minimum Gasteiger partial charge on any atom is -0.302 e. The average Bonchev–Trinajstić information content (AvgIpc) is 2.42. The van der Waals surface area contributed by atoms with Gasteiger partial charge in [-0.25, -0.2) is 4.57 Å². The molecule has 1 N–H and O–H groups in total. The van der Waals surface area contributed by atoms with Crippen molar-refractivity contribution in [1.29, 1.82) is 0 Å². The third kappa shape index (κ3) is 13.6. The molecule has 0 amide bonds. The quantitative estimate of drug-likeness (QED) is 0.568. The first-order chi connectivity index (χ1) is 9.12. The van der Waals surface area contributed by atoms with E-state index in [2.05, 4.69) is 0 Å². The number of phosphoric ester groups is 1. The Labute approximate surface area is 116 Å². The van der Waals surface area contributed by atoms with Gasteiger partial charge in [0.2, 0.25) is 0 Å². The fourth-order valence-electron chi connectivity index (χ4n) is 1.07. The molecule has 0 heterocycles. The van der Waals surface area contributed by atoms with Crippen LogP contribution in [0.25, 0.3) is 0 Å². The van der Waals surface area contributed by atoms with E-state index in [9.17, 15) is 4.57 Å². The number of hydrogen-bond donors (Lipinski definition) is 1. The van der Waals surface area contributed by atoms with Crippen molar-refractivity contribution in [3.05, 3.63) is 36.4 Å². The smallest absolute Gasteiger partial charge is 0.302 e. The molecule has 5 heteroatoms. The van der Waals surface area contributed by atoms with Crippen molar-refractivity contribution in [2.45, 2.75) is 39.5 Å². The molecule has 0 bridgehead atoms. The second kappa shape index (κ2) is 12.4. The Morgan fingerprint density at radius 2 is 1.16 bits per heavy atom. The zero-order valence-corrected chi connectivity index (χ0v) is 12.7. The third-order valence-electron chi connectivity index (χ3n) is 2.17. The summed E-state index contributed by atoms with van der Waals surface area (Å²) in [5.74, 6) is 0. The Hall–Kier alpha value is -0.670. The molecule has 19 heavy (non-hydrogen) atoms. The van der Waals surface area contributed by atoms with Gasteiger partial charge in [-0.3, -0.25) is 9.05 Å². The van der Waals surface area contributed by atoms with Crippen LogP contribution >= 0.6 is 7.82 Å². The normalized spacial score (nSPS) is 10.7. The minimum atomic E-state index is -3.75. The SMILES string of the molecule is CCCCOP(=O)(O)OCCCC.c1ccccc1. The summed E-state index contributed by atoms with van der Waals surface area (Å²) >= 11 is 0. The van der Waals surface area contributed by atoms with E-state index in [-0.39, 0.29) is 13.2 Å². The molecule has 0 fully saturated rings. The van der Waals surface area contributed by atoms with Gasteiger partial charge >= 0.3 is 7.82 Å². The number of rotatable bonds is 8. The van der Waals surface area contributed by atoms with E-state index in [0.29, 0.717) is 0 Å². The van der Waals surface area contributed by atoms with Gasteiger partial charge in [-0.05, 0) is 12.8 Å². The zero-order chi connectivity index (χ0) is 14.4. The molecule has 1 aromatic carbocycles. The molecule has 0 spiro atoms. The van der Waals surface area contributed by atoms with Crippen molar-refractivity contribution in [2.75, 3.05) is 13.2 Å². The van der Waals surface area contributed by atoms with Gasteiger partial charge < -0.3 is 4.89 Å². The van der Waals surface area contributed by atoms with Crippen LogP contribution in [-0.2, 0) is 13.6 Å². The molecule has 0 aromatic heterocycles. The molecule has 0 radical (unpaired) electrons. The maximum atomic E-state index is 11.1. The fourth-order valence-corrected chi connectivity index (χ4v) is 1.86. The highest BCUT2D eigenvalue weighted by Gasteiger charge is 2.19. The summed E-state index contributed by atoms with van der Waals surface area (Å²) in [6.07, 6.45) is 3.44. The van der Waals surface area contributed by atoms with Gasteiger partial charge in [-0.15, -0.1) is 0 Å². The highest BCUT2D eigenvalue weighted by atomic mass is 31.2. The largest absolute Gasteiger partial charge is 0.472 e. The second-order valence-corrected chi connectivity index (χ2v) is 5.45. The van der Waals surface area contributed by atoms with Crippen LogP contribution in [0.15, 0.2) is 36.4 Å². The maximum Gasteiger partial charge on any atom is 0.472 e. The van der Waals surface area contributed by atoms with E-state index in [0.717, 1.165) is 25.7 Å². The first-order valence-corrected chi connectivity index (χ1v) is 8.23. The van der Waals surface area contributed by atoms with Crippen LogP contribution in [-0.4, -0.2) is 18.1 Å². The topological polar surface area (TPSA) is 55.8 Å². The molecule has 0 aliphatic rings. The molecular weight excluding hydrogens is 263 g/mol. The Morgan fingerprint density at radius 1 is 0.842 bits per heavy atom. The molecule has 0 saturated carbocycles. The van der Waals surface area contributed by atoms with Crippen molar-refractivity contribution < 1.29 is 18.5 Å². The summed E-state index contributed by atoms with van der Waals surface area (Å²) < 4.78 is 20.5. The van der Waals surface area contributed by atoms with E-state index in [4.69, 9.17) is 13.9 Å². The predicted octanol–water partition coefficient (Wildman–Crippen LogP) is 4.41. The summed E-state index contributed by atoms with van der Waals surface area (Å²) in [6, 6.07) is 12.0. The fraction of sp³-hybridized carbons (Fsp3) is 0.571. The van der Waals surface area contributed by atoms with Gasteiger partial charge in [-0.1, -0.05) is 63.1 Å². The standard InChI is InChI=1S/C8H19O4P.C6H6/c1-3-5-7-11-13(9,10)12-8-6-4-2;1-2-4-6-5-3-1/h3-8H2,1-2H3,(H,9,10);1-6H. The molecule has 0 saturated heterocycles. The monoisotopic (exact) mass is 288 g/mol. The molecule has 1 aromatic rings. The first-order valence-electron chi connectivity index (χ1n) is 6.74. The molecule has 0 aliphatic carbocycles. The van der Waals surface area contributed by atoms with E-state index in [1.165, 1.54) is 0 Å². The molecule has 0 atom stereocenters. The van der Waals surface area contributed by atoms with Gasteiger partial charge in [0.1, 0.15) is 0 Å². The van der Waals surface area contributed by atoms with Crippen molar-refractivity contribution in [1.82, 2.24) is 0 Å². The Bertz CT molecular complexity index is 289. The number of hydrogen-bond acceptors (Lipinski definition) is 3. The van der Waals surface area contributed by atoms with Gasteiger partial charge in [-0.2, -0.15) is 0 Å². The third-order valence-corrected chi connectivity index (χ3v) is 3.19. The molecular formula is C14H25O4P. The summed E-state index contributed by atoms with van der Waals surface area (Å²) in [5.41, 5.74) is 0. The van der Waals surface area contributed by atoms with E-state index in [1.54, 1.807) is 0 Å². The minimum absolute atomic E-state index is 0.288. The lowest BCUT2D eigenvalue weighted by molar-refractivity contribution is 0.146.